The Hall–Kier alpha value is -3.85. The van der Waals surface area contributed by atoms with Crippen molar-refractivity contribution in [3.8, 4) is 11.5 Å². The predicted molar refractivity (Wildman–Crippen MR) is 125 cm³/mol. The van der Waals surface area contributed by atoms with Crippen LogP contribution in [-0.2, 0) is 22.4 Å². The number of ether oxygens (including phenoxy) is 4. The van der Waals surface area contributed by atoms with Crippen LogP contribution >= 0.6 is 0 Å². The molecule has 33 heavy (non-hydrogen) atoms. The quantitative estimate of drug-likeness (QED) is 0.306. The minimum atomic E-state index is -0.552. The fraction of sp³-hybridized carbons (Fsp3) is 0.292. The van der Waals surface area contributed by atoms with Gasteiger partial charge in [-0.05, 0) is 36.2 Å². The highest BCUT2D eigenvalue weighted by Gasteiger charge is 2.25. The zero-order chi connectivity index (χ0) is 23.4. The van der Waals surface area contributed by atoms with E-state index >= 15 is 0 Å². The molecule has 0 amide bonds. The van der Waals surface area contributed by atoms with Gasteiger partial charge in [0.15, 0.2) is 17.1 Å². The fourth-order valence-electron chi connectivity index (χ4n) is 3.71. The Morgan fingerprint density at radius 2 is 1.70 bits per heavy atom. The molecular weight excluding hydrogens is 424 g/mol. The van der Waals surface area contributed by atoms with Crippen molar-refractivity contribution < 1.29 is 23.7 Å². The molecule has 0 aliphatic heterocycles. The Labute approximate surface area is 191 Å². The highest BCUT2D eigenvalue weighted by atomic mass is 16.6. The lowest BCUT2D eigenvalue weighted by Gasteiger charge is -2.11. The van der Waals surface area contributed by atoms with E-state index in [9.17, 15) is 4.79 Å². The number of aryl methyl sites for hydroxylation is 2. The molecule has 0 fully saturated rings. The molecule has 172 valence electrons. The molecule has 2 N–H and O–H groups in total. The predicted octanol–water partition coefficient (Wildman–Crippen LogP) is 3.23. The number of aromatic nitrogens is 3. The second-order valence-electron chi connectivity index (χ2n) is 7.36. The standard InChI is InChI=1S/C24H26N4O5/c1-30-12-13-33-24(29)20-21-23(27-17-7-5-4-6-16(17)26-21)28(22(20)25)11-10-15-8-9-18(31-2)19(14-15)32-3/h4-9,14H,10-13,25H2,1-3H3. The van der Waals surface area contributed by atoms with E-state index in [0.29, 0.717) is 46.7 Å². The molecule has 2 heterocycles. The Morgan fingerprint density at radius 1 is 0.970 bits per heavy atom. The molecule has 4 aromatic rings. The summed E-state index contributed by atoms with van der Waals surface area (Å²) in [6, 6.07) is 13.2. The number of nitrogens with two attached hydrogens (primary N) is 1. The van der Waals surface area contributed by atoms with E-state index < -0.39 is 5.97 Å². The van der Waals surface area contributed by atoms with E-state index in [1.807, 2.05) is 42.5 Å². The van der Waals surface area contributed by atoms with E-state index in [1.54, 1.807) is 25.9 Å². The minimum Gasteiger partial charge on any atom is -0.493 e. The highest BCUT2D eigenvalue weighted by Crippen LogP contribution is 2.30. The molecule has 4 rings (SSSR count). The molecule has 0 aliphatic rings. The van der Waals surface area contributed by atoms with Gasteiger partial charge in [-0.2, -0.15) is 0 Å². The van der Waals surface area contributed by atoms with Gasteiger partial charge in [0.25, 0.3) is 0 Å². The summed E-state index contributed by atoms with van der Waals surface area (Å²) < 4.78 is 22.8. The van der Waals surface area contributed by atoms with Crippen LogP contribution in [0.15, 0.2) is 42.5 Å². The zero-order valence-corrected chi connectivity index (χ0v) is 18.8. The van der Waals surface area contributed by atoms with Crippen molar-refractivity contribution >= 4 is 34.0 Å². The first kappa shape index (κ1) is 22.3. The summed E-state index contributed by atoms with van der Waals surface area (Å²) >= 11 is 0. The maximum absolute atomic E-state index is 12.9. The van der Waals surface area contributed by atoms with Crippen LogP contribution in [-0.4, -0.2) is 55.0 Å². The van der Waals surface area contributed by atoms with Gasteiger partial charge in [-0.1, -0.05) is 18.2 Å². The summed E-state index contributed by atoms with van der Waals surface area (Å²) in [7, 11) is 4.74. The number of nitrogens with zero attached hydrogens (tertiary/aromatic N) is 3. The third kappa shape index (κ3) is 4.40. The van der Waals surface area contributed by atoms with Crippen LogP contribution in [0.3, 0.4) is 0 Å². The molecule has 9 heteroatoms. The average molecular weight is 450 g/mol. The molecule has 0 bridgehead atoms. The number of methoxy groups -OCH3 is 3. The van der Waals surface area contributed by atoms with Crippen molar-refractivity contribution in [2.45, 2.75) is 13.0 Å². The summed E-state index contributed by atoms with van der Waals surface area (Å²) in [4.78, 5) is 22.3. The Balaban J connectivity index is 1.74. The average Bonchev–Trinajstić information content (AvgIpc) is 3.11. The van der Waals surface area contributed by atoms with E-state index in [-0.39, 0.29) is 24.6 Å². The van der Waals surface area contributed by atoms with Crippen LogP contribution in [0.1, 0.15) is 15.9 Å². The fourth-order valence-corrected chi connectivity index (χ4v) is 3.71. The molecule has 2 aromatic heterocycles. The molecule has 0 atom stereocenters. The van der Waals surface area contributed by atoms with Crippen molar-refractivity contribution in [1.82, 2.24) is 14.5 Å². The van der Waals surface area contributed by atoms with Crippen molar-refractivity contribution in [1.29, 1.82) is 0 Å². The van der Waals surface area contributed by atoms with Crippen LogP contribution in [0.4, 0.5) is 5.82 Å². The Kier molecular flexibility index (Phi) is 6.60. The number of fused-ring (bicyclic) bond motifs is 2. The van der Waals surface area contributed by atoms with Crippen LogP contribution in [0.25, 0.3) is 22.2 Å². The van der Waals surface area contributed by atoms with Crippen LogP contribution in [0.2, 0.25) is 0 Å². The third-order valence-electron chi connectivity index (χ3n) is 5.39. The van der Waals surface area contributed by atoms with Crippen molar-refractivity contribution in [3.63, 3.8) is 0 Å². The molecule has 0 spiro atoms. The number of benzene rings is 2. The van der Waals surface area contributed by atoms with Crippen molar-refractivity contribution in [2.24, 2.45) is 0 Å². The first-order valence-corrected chi connectivity index (χ1v) is 10.5. The topological polar surface area (TPSA) is 111 Å². The van der Waals surface area contributed by atoms with Gasteiger partial charge >= 0.3 is 5.97 Å². The molecular formula is C24H26N4O5. The van der Waals surface area contributed by atoms with E-state index in [4.69, 9.17) is 29.7 Å². The lowest BCUT2D eigenvalue weighted by atomic mass is 10.1. The van der Waals surface area contributed by atoms with Gasteiger partial charge in [0.05, 0.1) is 31.9 Å². The van der Waals surface area contributed by atoms with Gasteiger partial charge in [-0.15, -0.1) is 0 Å². The van der Waals surface area contributed by atoms with E-state index in [0.717, 1.165) is 5.56 Å². The van der Waals surface area contributed by atoms with Crippen molar-refractivity contribution in [2.75, 3.05) is 40.3 Å². The smallest absolute Gasteiger partial charge is 0.344 e. The largest absolute Gasteiger partial charge is 0.493 e. The summed E-state index contributed by atoms with van der Waals surface area (Å²) in [5.41, 5.74) is 10.0. The maximum atomic E-state index is 12.9. The van der Waals surface area contributed by atoms with Gasteiger partial charge < -0.3 is 29.2 Å². The van der Waals surface area contributed by atoms with Crippen LogP contribution < -0.4 is 15.2 Å². The number of carbonyl (C=O) groups is 1. The zero-order valence-electron chi connectivity index (χ0n) is 18.8. The van der Waals surface area contributed by atoms with Crippen molar-refractivity contribution in [3.05, 3.63) is 53.6 Å². The number of anilines is 1. The number of hydrogen-bond acceptors (Lipinski definition) is 8. The molecule has 0 saturated heterocycles. The number of hydrogen-bond donors (Lipinski definition) is 1. The number of carbonyl (C=O) groups excluding carboxylic acids is 1. The maximum Gasteiger partial charge on any atom is 0.344 e. The highest BCUT2D eigenvalue weighted by molar-refractivity contribution is 6.08. The van der Waals surface area contributed by atoms with E-state index in [2.05, 4.69) is 4.98 Å². The number of para-hydroxylation sites is 2. The van der Waals surface area contributed by atoms with Gasteiger partial charge in [-0.25, -0.2) is 14.8 Å². The summed E-state index contributed by atoms with van der Waals surface area (Å²) in [6.07, 6.45) is 0.626. The van der Waals surface area contributed by atoms with Gasteiger partial charge in [0.1, 0.15) is 23.5 Å². The SMILES string of the molecule is COCCOC(=O)c1c(N)n(CCc2ccc(OC)c(OC)c2)c2nc3ccccc3nc12. The molecule has 0 radical (unpaired) electrons. The Bertz CT molecular complexity index is 1300. The van der Waals surface area contributed by atoms with Gasteiger partial charge in [-0.3, -0.25) is 0 Å². The summed E-state index contributed by atoms with van der Waals surface area (Å²) in [6.45, 7) is 0.891. The minimum absolute atomic E-state index is 0.119. The molecule has 0 unspecified atom stereocenters. The second kappa shape index (κ2) is 9.74. The summed E-state index contributed by atoms with van der Waals surface area (Å²) in [5, 5.41) is 0. The van der Waals surface area contributed by atoms with Crippen LogP contribution in [0.5, 0.6) is 11.5 Å². The third-order valence-corrected chi connectivity index (χ3v) is 5.39. The second-order valence-corrected chi connectivity index (χ2v) is 7.36. The molecule has 9 nitrogen and oxygen atoms in total. The van der Waals surface area contributed by atoms with E-state index in [1.165, 1.54) is 0 Å². The van der Waals surface area contributed by atoms with Gasteiger partial charge in [0, 0.05) is 13.7 Å². The first-order valence-electron chi connectivity index (χ1n) is 10.5. The normalized spacial score (nSPS) is 11.1. The lowest BCUT2D eigenvalue weighted by Crippen LogP contribution is -2.13. The molecule has 0 aliphatic carbocycles. The first-order chi connectivity index (χ1) is 16.1. The Morgan fingerprint density at radius 3 is 2.39 bits per heavy atom. The number of nitrogen functional groups attached to an aromatic ring is 1. The summed E-state index contributed by atoms with van der Waals surface area (Å²) in [5.74, 6) is 1.02. The lowest BCUT2D eigenvalue weighted by molar-refractivity contribution is 0.0391. The van der Waals surface area contributed by atoms with Crippen LogP contribution in [0, 0.1) is 0 Å². The number of rotatable bonds is 9. The molecule has 0 saturated carbocycles. The van der Waals surface area contributed by atoms with Gasteiger partial charge in [0.2, 0.25) is 0 Å². The monoisotopic (exact) mass is 450 g/mol. The number of esters is 1. The molecule has 2 aromatic carbocycles.